The summed E-state index contributed by atoms with van der Waals surface area (Å²) < 4.78 is 11.2. The Labute approximate surface area is 415 Å². The van der Waals surface area contributed by atoms with E-state index in [9.17, 15) is 30.3 Å². The molecule has 0 aromatic heterocycles. The minimum absolute atomic E-state index is 0.184. The molecule has 1 aliphatic heterocycles. The summed E-state index contributed by atoms with van der Waals surface area (Å²) in [6.45, 7) is 3.63. The topological polar surface area (TPSA) is 149 Å². The zero-order valence-corrected chi connectivity index (χ0v) is 43.1. The lowest BCUT2D eigenvalue weighted by Crippen LogP contribution is -2.60. The molecular weight excluding hydrogens is 851 g/mol. The van der Waals surface area contributed by atoms with E-state index in [0.717, 1.165) is 83.5 Å². The van der Waals surface area contributed by atoms with Crippen LogP contribution in [0.4, 0.5) is 0 Å². The predicted molar refractivity (Wildman–Crippen MR) is 285 cm³/mol. The van der Waals surface area contributed by atoms with Gasteiger partial charge in [0.05, 0.1) is 25.4 Å². The minimum atomic E-state index is -1.57. The normalized spacial score (nSPS) is 20.4. The van der Waals surface area contributed by atoms with Crippen LogP contribution in [0.25, 0.3) is 0 Å². The molecule has 0 spiro atoms. The molecule has 0 saturated carbocycles. The van der Waals surface area contributed by atoms with Crippen LogP contribution in [0.2, 0.25) is 0 Å². The Morgan fingerprint density at radius 3 is 1.35 bits per heavy atom. The van der Waals surface area contributed by atoms with Crippen molar-refractivity contribution in [3.63, 3.8) is 0 Å². The number of aliphatic hydroxyl groups is 5. The van der Waals surface area contributed by atoms with Gasteiger partial charge in [0.25, 0.3) is 0 Å². The summed E-state index contributed by atoms with van der Waals surface area (Å²) in [5.74, 6) is -0.184. The Balaban J connectivity index is 2.12. The van der Waals surface area contributed by atoms with Crippen molar-refractivity contribution in [2.45, 2.75) is 256 Å². The first-order valence-corrected chi connectivity index (χ1v) is 27.5. The lowest BCUT2D eigenvalue weighted by atomic mass is 9.99. The fourth-order valence-electron chi connectivity index (χ4n) is 8.08. The summed E-state index contributed by atoms with van der Waals surface area (Å²) in [7, 11) is 0. The molecule has 7 unspecified atom stereocenters. The highest BCUT2D eigenvalue weighted by molar-refractivity contribution is 5.76. The summed E-state index contributed by atoms with van der Waals surface area (Å²) >= 11 is 0. The van der Waals surface area contributed by atoms with E-state index in [-0.39, 0.29) is 12.5 Å². The Hall–Kier alpha value is -2.89. The molecule has 0 aliphatic carbocycles. The fraction of sp³-hybridized carbons (Fsp3) is 0.712. The summed E-state index contributed by atoms with van der Waals surface area (Å²) in [4.78, 5) is 13.0. The van der Waals surface area contributed by atoms with Crippen LogP contribution in [0.15, 0.2) is 97.2 Å². The van der Waals surface area contributed by atoms with Gasteiger partial charge >= 0.3 is 0 Å². The maximum absolute atomic E-state index is 13.0. The monoisotopic (exact) mass is 952 g/mol. The third kappa shape index (κ3) is 37.0. The quantitative estimate of drug-likeness (QED) is 0.0261. The van der Waals surface area contributed by atoms with Crippen molar-refractivity contribution >= 4 is 5.91 Å². The Morgan fingerprint density at radius 1 is 0.515 bits per heavy atom. The number of hydrogen-bond donors (Lipinski definition) is 6. The number of aliphatic hydroxyl groups excluding tert-OH is 5. The standard InChI is InChI=1S/C59H101NO8/c1-3-5-7-9-11-13-15-16-17-18-19-20-21-22-23-24-25-26-27-28-29-30-31-32-33-34-35-36-37-38-39-41-43-45-47-49-55(63)60-52(51-67-59-58(66)57(65)56(64)54(50-61)68-59)53(62)48-46-44-42-40-14-12-10-8-6-4-2/h5,7,11,13,16-17,19-20,22-23,25-26,28-29,46,48,52-54,56-59,61-62,64-66H,3-4,6,8-10,12,14-15,18,21,24,27,30-45,47,49-51H2,1-2H3,(H,60,63)/b7-5-,13-11-,17-16-,20-19-,23-22-,26-25-,29-28-,48-46+. The zero-order valence-electron chi connectivity index (χ0n) is 43.1. The average molecular weight is 952 g/mol. The highest BCUT2D eigenvalue weighted by Gasteiger charge is 2.44. The Kier molecular flexibility index (Phi) is 44.3. The van der Waals surface area contributed by atoms with Crippen LogP contribution in [-0.2, 0) is 14.3 Å². The first kappa shape index (κ1) is 63.1. The van der Waals surface area contributed by atoms with Gasteiger partial charge in [0.2, 0.25) is 5.91 Å². The van der Waals surface area contributed by atoms with Crippen LogP contribution < -0.4 is 5.32 Å². The zero-order chi connectivity index (χ0) is 49.4. The van der Waals surface area contributed by atoms with Crippen LogP contribution in [0.3, 0.4) is 0 Å². The van der Waals surface area contributed by atoms with Gasteiger partial charge in [-0.15, -0.1) is 0 Å². The van der Waals surface area contributed by atoms with Crippen molar-refractivity contribution < 1.29 is 39.8 Å². The number of rotatable bonds is 45. The number of hydrogen-bond acceptors (Lipinski definition) is 8. The summed E-state index contributed by atoms with van der Waals surface area (Å²) in [6, 6.07) is -0.808. The smallest absolute Gasteiger partial charge is 0.220 e. The molecule has 6 N–H and O–H groups in total. The summed E-state index contributed by atoms with van der Waals surface area (Å²) in [5, 5.41) is 54.2. The SMILES string of the molecule is CC/C=C\C/C=C\C/C=C\C/C=C\C/C=C\C/C=C\C/C=C\CCCCCCCCCCCCCCCC(=O)NC(COC1OC(CO)C(O)C(O)C1O)C(O)/C=C/CCCCCCCCCC. The van der Waals surface area contributed by atoms with E-state index in [0.29, 0.717) is 6.42 Å². The maximum atomic E-state index is 13.0. The van der Waals surface area contributed by atoms with Gasteiger partial charge in [-0.3, -0.25) is 4.79 Å². The van der Waals surface area contributed by atoms with Crippen molar-refractivity contribution in [3.8, 4) is 0 Å². The van der Waals surface area contributed by atoms with Crippen LogP contribution >= 0.6 is 0 Å². The largest absolute Gasteiger partial charge is 0.394 e. The van der Waals surface area contributed by atoms with Crippen molar-refractivity contribution in [1.82, 2.24) is 5.32 Å². The lowest BCUT2D eigenvalue weighted by Gasteiger charge is -2.40. The number of ether oxygens (including phenoxy) is 2. The molecule has 1 heterocycles. The van der Waals surface area contributed by atoms with E-state index in [1.54, 1.807) is 6.08 Å². The van der Waals surface area contributed by atoms with Gasteiger partial charge in [-0.2, -0.15) is 0 Å². The molecule has 68 heavy (non-hydrogen) atoms. The van der Waals surface area contributed by atoms with E-state index < -0.39 is 49.5 Å². The summed E-state index contributed by atoms with van der Waals surface area (Å²) in [6.07, 6.45) is 62.0. The first-order valence-electron chi connectivity index (χ1n) is 27.5. The van der Waals surface area contributed by atoms with E-state index in [1.807, 2.05) is 6.08 Å². The van der Waals surface area contributed by atoms with Crippen molar-refractivity contribution in [2.24, 2.45) is 0 Å². The maximum Gasteiger partial charge on any atom is 0.220 e. The fourth-order valence-corrected chi connectivity index (χ4v) is 8.08. The molecule has 0 radical (unpaired) electrons. The second-order valence-electron chi connectivity index (χ2n) is 18.6. The molecule has 0 bridgehead atoms. The molecule has 7 atom stereocenters. The molecule has 0 aromatic rings. The van der Waals surface area contributed by atoms with Gasteiger partial charge in [0.15, 0.2) is 6.29 Å². The van der Waals surface area contributed by atoms with Gasteiger partial charge in [-0.1, -0.05) is 227 Å². The minimum Gasteiger partial charge on any atom is -0.394 e. The molecule has 1 fully saturated rings. The molecule has 1 amide bonds. The van der Waals surface area contributed by atoms with Crippen LogP contribution in [0, 0.1) is 0 Å². The molecular formula is C59H101NO8. The predicted octanol–water partition coefficient (Wildman–Crippen LogP) is 13.2. The highest BCUT2D eigenvalue weighted by Crippen LogP contribution is 2.23. The number of amides is 1. The van der Waals surface area contributed by atoms with Crippen LogP contribution in [0.1, 0.15) is 213 Å². The molecule has 9 nitrogen and oxygen atoms in total. The molecule has 390 valence electrons. The number of allylic oxidation sites excluding steroid dienone is 15. The van der Waals surface area contributed by atoms with Gasteiger partial charge < -0.3 is 40.3 Å². The highest BCUT2D eigenvalue weighted by atomic mass is 16.7. The molecule has 1 rings (SSSR count). The third-order valence-corrected chi connectivity index (χ3v) is 12.4. The van der Waals surface area contributed by atoms with E-state index >= 15 is 0 Å². The number of nitrogens with one attached hydrogen (secondary N) is 1. The number of carbonyl (C=O) groups excluding carboxylic acids is 1. The Morgan fingerprint density at radius 2 is 0.912 bits per heavy atom. The van der Waals surface area contributed by atoms with Gasteiger partial charge in [0, 0.05) is 6.42 Å². The van der Waals surface area contributed by atoms with Gasteiger partial charge in [-0.05, 0) is 77.0 Å². The second kappa shape index (κ2) is 47.8. The molecule has 1 saturated heterocycles. The number of carbonyl (C=O) groups is 1. The van der Waals surface area contributed by atoms with Crippen LogP contribution in [0.5, 0.6) is 0 Å². The van der Waals surface area contributed by atoms with Crippen molar-refractivity contribution in [1.29, 1.82) is 0 Å². The summed E-state index contributed by atoms with van der Waals surface area (Å²) in [5.41, 5.74) is 0. The Bertz CT molecular complexity index is 1380. The third-order valence-electron chi connectivity index (χ3n) is 12.4. The van der Waals surface area contributed by atoms with Crippen LogP contribution in [-0.4, -0.2) is 87.5 Å². The second-order valence-corrected chi connectivity index (χ2v) is 18.6. The lowest BCUT2D eigenvalue weighted by molar-refractivity contribution is -0.302. The number of unbranched alkanes of at least 4 members (excludes halogenated alkanes) is 21. The van der Waals surface area contributed by atoms with E-state index in [2.05, 4.69) is 104 Å². The van der Waals surface area contributed by atoms with E-state index in [1.165, 1.54) is 109 Å². The first-order chi connectivity index (χ1) is 33.3. The van der Waals surface area contributed by atoms with Crippen molar-refractivity contribution in [3.05, 3.63) is 97.2 Å². The van der Waals surface area contributed by atoms with E-state index in [4.69, 9.17) is 9.47 Å². The molecule has 9 heteroatoms. The van der Waals surface area contributed by atoms with Gasteiger partial charge in [-0.25, -0.2) is 0 Å². The molecule has 0 aromatic carbocycles. The average Bonchev–Trinajstić information content (AvgIpc) is 3.34. The molecule has 1 aliphatic rings. The van der Waals surface area contributed by atoms with Gasteiger partial charge in [0.1, 0.15) is 24.4 Å². The van der Waals surface area contributed by atoms with Crippen molar-refractivity contribution in [2.75, 3.05) is 13.2 Å².